The van der Waals surface area contributed by atoms with Crippen molar-refractivity contribution in [2.75, 3.05) is 24.1 Å². The molecule has 1 saturated carbocycles. The lowest BCUT2D eigenvalue weighted by Crippen LogP contribution is -2.43. The molecule has 2 aromatic rings. The van der Waals surface area contributed by atoms with Gasteiger partial charge in [-0.3, -0.25) is 0 Å². The van der Waals surface area contributed by atoms with E-state index in [-0.39, 0.29) is 0 Å². The molecule has 4 rings (SSSR count). The number of benzene rings is 2. The van der Waals surface area contributed by atoms with Gasteiger partial charge < -0.3 is 16.0 Å². The van der Waals surface area contributed by atoms with E-state index in [9.17, 15) is 0 Å². The lowest BCUT2D eigenvalue weighted by molar-refractivity contribution is 0.159. The van der Waals surface area contributed by atoms with Gasteiger partial charge in [0.15, 0.2) is 0 Å². The number of nitrogen functional groups attached to an aromatic ring is 1. The molecule has 3 N–H and O–H groups in total. The van der Waals surface area contributed by atoms with Gasteiger partial charge in [0, 0.05) is 36.5 Å². The Kier molecular flexibility index (Phi) is 4.93. The fourth-order valence-electron chi connectivity index (χ4n) is 4.39. The van der Waals surface area contributed by atoms with Crippen LogP contribution in [0.3, 0.4) is 0 Å². The smallest absolute Gasteiger partial charge is 0.0342 e. The highest BCUT2D eigenvalue weighted by Gasteiger charge is 2.26. The van der Waals surface area contributed by atoms with E-state index in [1.54, 1.807) is 0 Å². The number of hydrogen-bond donors (Lipinski definition) is 2. The molecule has 0 aromatic heterocycles. The predicted octanol–water partition coefficient (Wildman–Crippen LogP) is 4.75. The van der Waals surface area contributed by atoms with Gasteiger partial charge in [-0.2, -0.15) is 0 Å². The molecule has 0 spiro atoms. The molecule has 1 aliphatic carbocycles. The molecule has 0 amide bonds. The SMILES string of the molecule is Nc1cccc(-c2ccc(NC3CCN(C4CCCC4)CC3)cc2)c1. The van der Waals surface area contributed by atoms with E-state index in [0.717, 1.165) is 11.7 Å². The second-order valence-electron chi connectivity index (χ2n) is 7.60. The van der Waals surface area contributed by atoms with Crippen molar-refractivity contribution in [3.63, 3.8) is 0 Å². The van der Waals surface area contributed by atoms with Crippen LogP contribution in [0, 0.1) is 0 Å². The first-order valence-corrected chi connectivity index (χ1v) is 9.74. The quantitative estimate of drug-likeness (QED) is 0.792. The largest absolute Gasteiger partial charge is 0.399 e. The van der Waals surface area contributed by atoms with Crippen LogP contribution in [0.5, 0.6) is 0 Å². The van der Waals surface area contributed by atoms with Crippen molar-refractivity contribution >= 4 is 11.4 Å². The Morgan fingerprint density at radius 3 is 2.24 bits per heavy atom. The molecule has 1 aliphatic heterocycles. The number of piperidine rings is 1. The van der Waals surface area contributed by atoms with Gasteiger partial charge in [0.05, 0.1) is 0 Å². The molecule has 2 fully saturated rings. The Morgan fingerprint density at radius 2 is 1.56 bits per heavy atom. The summed E-state index contributed by atoms with van der Waals surface area (Å²) in [6.07, 6.45) is 8.22. The average Bonchev–Trinajstić information content (AvgIpc) is 3.18. The van der Waals surface area contributed by atoms with E-state index in [1.165, 1.54) is 68.4 Å². The van der Waals surface area contributed by atoms with E-state index in [0.29, 0.717) is 6.04 Å². The maximum Gasteiger partial charge on any atom is 0.0342 e. The van der Waals surface area contributed by atoms with Crippen LogP contribution in [0.15, 0.2) is 48.5 Å². The number of hydrogen-bond acceptors (Lipinski definition) is 3. The maximum atomic E-state index is 5.89. The molecule has 0 radical (unpaired) electrons. The van der Waals surface area contributed by atoms with Gasteiger partial charge in [0.25, 0.3) is 0 Å². The summed E-state index contributed by atoms with van der Waals surface area (Å²) in [5.74, 6) is 0. The Hall–Kier alpha value is -2.00. The van der Waals surface area contributed by atoms with Gasteiger partial charge in [-0.25, -0.2) is 0 Å². The van der Waals surface area contributed by atoms with Crippen molar-refractivity contribution in [2.45, 2.75) is 50.6 Å². The van der Waals surface area contributed by atoms with E-state index in [2.05, 4.69) is 40.5 Å². The molecule has 132 valence electrons. The van der Waals surface area contributed by atoms with E-state index >= 15 is 0 Å². The molecule has 1 saturated heterocycles. The zero-order valence-electron chi connectivity index (χ0n) is 15.0. The van der Waals surface area contributed by atoms with Crippen molar-refractivity contribution in [3.8, 4) is 11.1 Å². The van der Waals surface area contributed by atoms with Crippen molar-refractivity contribution < 1.29 is 0 Å². The minimum Gasteiger partial charge on any atom is -0.399 e. The van der Waals surface area contributed by atoms with Crippen molar-refractivity contribution in [3.05, 3.63) is 48.5 Å². The number of nitrogens with one attached hydrogen (secondary N) is 1. The molecule has 25 heavy (non-hydrogen) atoms. The summed E-state index contributed by atoms with van der Waals surface area (Å²) in [6.45, 7) is 2.51. The fourth-order valence-corrected chi connectivity index (χ4v) is 4.39. The van der Waals surface area contributed by atoms with Gasteiger partial charge >= 0.3 is 0 Å². The summed E-state index contributed by atoms with van der Waals surface area (Å²) in [4.78, 5) is 2.73. The maximum absolute atomic E-state index is 5.89. The third-order valence-electron chi connectivity index (χ3n) is 5.85. The zero-order chi connectivity index (χ0) is 17.1. The van der Waals surface area contributed by atoms with Crippen molar-refractivity contribution in [1.29, 1.82) is 0 Å². The first-order chi connectivity index (χ1) is 12.3. The Morgan fingerprint density at radius 1 is 0.840 bits per heavy atom. The van der Waals surface area contributed by atoms with Crippen LogP contribution in [0.1, 0.15) is 38.5 Å². The van der Waals surface area contributed by atoms with Crippen LogP contribution in [0.4, 0.5) is 11.4 Å². The minimum atomic E-state index is 0.607. The van der Waals surface area contributed by atoms with Crippen LogP contribution in [0.2, 0.25) is 0 Å². The van der Waals surface area contributed by atoms with Crippen molar-refractivity contribution in [1.82, 2.24) is 4.90 Å². The van der Waals surface area contributed by atoms with Gasteiger partial charge in [-0.1, -0.05) is 37.1 Å². The number of anilines is 2. The highest BCUT2D eigenvalue weighted by atomic mass is 15.2. The van der Waals surface area contributed by atoms with E-state index in [4.69, 9.17) is 5.73 Å². The highest BCUT2D eigenvalue weighted by Crippen LogP contribution is 2.28. The van der Waals surface area contributed by atoms with Crippen LogP contribution in [0.25, 0.3) is 11.1 Å². The highest BCUT2D eigenvalue weighted by molar-refractivity contribution is 5.69. The van der Waals surface area contributed by atoms with Crippen molar-refractivity contribution in [2.24, 2.45) is 0 Å². The molecule has 3 heteroatoms. The Balaban J connectivity index is 1.33. The van der Waals surface area contributed by atoms with Crippen LogP contribution in [-0.4, -0.2) is 30.1 Å². The first-order valence-electron chi connectivity index (χ1n) is 9.74. The number of nitrogens with two attached hydrogens (primary N) is 1. The van der Waals surface area contributed by atoms with E-state index < -0.39 is 0 Å². The monoisotopic (exact) mass is 335 g/mol. The molecule has 2 aromatic carbocycles. The second-order valence-corrected chi connectivity index (χ2v) is 7.60. The van der Waals surface area contributed by atoms with E-state index in [1.807, 2.05) is 18.2 Å². The van der Waals surface area contributed by atoms with Crippen LogP contribution >= 0.6 is 0 Å². The van der Waals surface area contributed by atoms with Crippen LogP contribution in [-0.2, 0) is 0 Å². The molecule has 0 bridgehead atoms. The summed E-state index contributed by atoms with van der Waals surface area (Å²) in [6, 6.07) is 18.3. The van der Waals surface area contributed by atoms with Gasteiger partial charge in [-0.05, 0) is 61.1 Å². The summed E-state index contributed by atoms with van der Waals surface area (Å²) in [7, 11) is 0. The topological polar surface area (TPSA) is 41.3 Å². The minimum absolute atomic E-state index is 0.607. The fraction of sp³-hybridized carbons (Fsp3) is 0.455. The lowest BCUT2D eigenvalue weighted by atomic mass is 10.0. The van der Waals surface area contributed by atoms with Gasteiger partial charge in [0.2, 0.25) is 0 Å². The zero-order valence-corrected chi connectivity index (χ0v) is 15.0. The Labute approximate surface area is 151 Å². The summed E-state index contributed by atoms with van der Waals surface area (Å²) >= 11 is 0. The molecular weight excluding hydrogens is 306 g/mol. The van der Waals surface area contributed by atoms with Gasteiger partial charge in [-0.15, -0.1) is 0 Å². The molecule has 0 unspecified atom stereocenters. The first kappa shape index (κ1) is 16.5. The lowest BCUT2D eigenvalue weighted by Gasteiger charge is -2.36. The van der Waals surface area contributed by atoms with Gasteiger partial charge in [0.1, 0.15) is 0 Å². The molecular formula is C22H29N3. The number of nitrogens with zero attached hydrogens (tertiary/aromatic N) is 1. The standard InChI is InChI=1S/C22H29N3/c23-19-5-3-4-18(16-19)17-8-10-20(11-9-17)24-21-12-14-25(15-13-21)22-6-1-2-7-22/h3-5,8-11,16,21-22,24H,1-2,6-7,12-15,23H2. The predicted molar refractivity (Wildman–Crippen MR) is 107 cm³/mol. The number of rotatable bonds is 4. The molecule has 3 nitrogen and oxygen atoms in total. The molecule has 2 aliphatic rings. The second kappa shape index (κ2) is 7.49. The third-order valence-corrected chi connectivity index (χ3v) is 5.85. The Bertz CT molecular complexity index is 681. The average molecular weight is 335 g/mol. The normalized spacial score (nSPS) is 20.0. The molecule has 1 heterocycles. The summed E-state index contributed by atoms with van der Waals surface area (Å²) < 4.78 is 0. The summed E-state index contributed by atoms with van der Waals surface area (Å²) in [5.41, 5.74) is 10.3. The number of likely N-dealkylation sites (tertiary alicyclic amines) is 1. The third kappa shape index (κ3) is 3.98. The van der Waals surface area contributed by atoms with Crippen LogP contribution < -0.4 is 11.1 Å². The summed E-state index contributed by atoms with van der Waals surface area (Å²) in [5, 5.41) is 3.73. The molecule has 0 atom stereocenters.